The zero-order chi connectivity index (χ0) is 13.8. The maximum Gasteiger partial charge on any atom is 0.126 e. The standard InChI is InChI=1S/C16H17F2N/c1-11-3-2-4-13(5-11)14(10-19)6-12-7-15(17)9-16(18)8-12/h2-5,7-9,14H,6,10,19H2,1H3. The van der Waals surface area contributed by atoms with Gasteiger partial charge in [-0.15, -0.1) is 0 Å². The number of hydrogen-bond donors (Lipinski definition) is 1. The predicted molar refractivity (Wildman–Crippen MR) is 73.0 cm³/mol. The summed E-state index contributed by atoms with van der Waals surface area (Å²) in [5.74, 6) is -1.02. The Morgan fingerprint density at radius 1 is 1.05 bits per heavy atom. The fourth-order valence-electron chi connectivity index (χ4n) is 2.27. The van der Waals surface area contributed by atoms with E-state index >= 15 is 0 Å². The average Bonchev–Trinajstić information content (AvgIpc) is 2.34. The molecule has 1 unspecified atom stereocenters. The number of nitrogens with two attached hydrogens (primary N) is 1. The summed E-state index contributed by atoms with van der Waals surface area (Å²) in [6.07, 6.45) is 0.536. The van der Waals surface area contributed by atoms with Gasteiger partial charge in [-0.05, 0) is 43.1 Å². The summed E-state index contributed by atoms with van der Waals surface area (Å²) in [5.41, 5.74) is 8.68. The Labute approximate surface area is 112 Å². The summed E-state index contributed by atoms with van der Waals surface area (Å²) >= 11 is 0. The third-order valence-electron chi connectivity index (χ3n) is 3.20. The molecule has 0 spiro atoms. The van der Waals surface area contributed by atoms with Gasteiger partial charge in [0.05, 0.1) is 0 Å². The van der Waals surface area contributed by atoms with Crippen molar-refractivity contribution in [3.8, 4) is 0 Å². The highest BCUT2D eigenvalue weighted by Crippen LogP contribution is 2.22. The Morgan fingerprint density at radius 2 is 1.74 bits per heavy atom. The number of benzene rings is 2. The lowest BCUT2D eigenvalue weighted by atomic mass is 9.91. The molecular formula is C16H17F2N. The molecule has 100 valence electrons. The molecule has 0 heterocycles. The largest absolute Gasteiger partial charge is 0.330 e. The molecular weight excluding hydrogens is 244 g/mol. The van der Waals surface area contributed by atoms with Gasteiger partial charge in [0.2, 0.25) is 0 Å². The zero-order valence-corrected chi connectivity index (χ0v) is 10.9. The molecule has 2 N–H and O–H groups in total. The van der Waals surface area contributed by atoms with Crippen molar-refractivity contribution in [2.75, 3.05) is 6.54 Å². The van der Waals surface area contributed by atoms with Crippen molar-refractivity contribution in [3.63, 3.8) is 0 Å². The number of halogens is 2. The molecule has 0 saturated carbocycles. The molecule has 0 fully saturated rings. The van der Waals surface area contributed by atoms with Gasteiger partial charge in [0.25, 0.3) is 0 Å². The van der Waals surface area contributed by atoms with Crippen LogP contribution in [0.3, 0.4) is 0 Å². The molecule has 3 heteroatoms. The zero-order valence-electron chi connectivity index (χ0n) is 10.9. The van der Waals surface area contributed by atoms with Gasteiger partial charge in [-0.2, -0.15) is 0 Å². The van der Waals surface area contributed by atoms with Crippen LogP contribution in [0.5, 0.6) is 0 Å². The molecule has 2 aromatic carbocycles. The number of aryl methyl sites for hydroxylation is 1. The summed E-state index contributed by atoms with van der Waals surface area (Å²) in [6, 6.07) is 11.7. The van der Waals surface area contributed by atoms with E-state index in [1.54, 1.807) is 0 Å². The van der Waals surface area contributed by atoms with Crippen LogP contribution in [0.15, 0.2) is 42.5 Å². The van der Waals surface area contributed by atoms with E-state index in [4.69, 9.17) is 5.73 Å². The van der Waals surface area contributed by atoms with E-state index in [0.29, 0.717) is 18.5 Å². The first-order chi connectivity index (χ1) is 9.08. The molecule has 0 aromatic heterocycles. The molecule has 0 saturated heterocycles. The highest BCUT2D eigenvalue weighted by molar-refractivity contribution is 5.28. The molecule has 2 aromatic rings. The second-order valence-electron chi connectivity index (χ2n) is 4.83. The van der Waals surface area contributed by atoms with Gasteiger partial charge in [0.15, 0.2) is 0 Å². The molecule has 0 radical (unpaired) electrons. The van der Waals surface area contributed by atoms with Gasteiger partial charge in [-0.3, -0.25) is 0 Å². The third-order valence-corrected chi connectivity index (χ3v) is 3.20. The van der Waals surface area contributed by atoms with Crippen molar-refractivity contribution < 1.29 is 8.78 Å². The van der Waals surface area contributed by atoms with Crippen molar-refractivity contribution in [1.29, 1.82) is 0 Å². The van der Waals surface area contributed by atoms with Crippen molar-refractivity contribution >= 4 is 0 Å². The monoisotopic (exact) mass is 261 g/mol. The SMILES string of the molecule is Cc1cccc(C(CN)Cc2cc(F)cc(F)c2)c1. The van der Waals surface area contributed by atoms with E-state index in [9.17, 15) is 8.78 Å². The number of hydrogen-bond acceptors (Lipinski definition) is 1. The van der Waals surface area contributed by atoms with Crippen LogP contribution in [0.25, 0.3) is 0 Å². The molecule has 0 bridgehead atoms. The normalized spacial score (nSPS) is 12.4. The lowest BCUT2D eigenvalue weighted by molar-refractivity contribution is 0.575. The van der Waals surface area contributed by atoms with E-state index in [-0.39, 0.29) is 5.92 Å². The van der Waals surface area contributed by atoms with Crippen molar-refractivity contribution in [2.45, 2.75) is 19.3 Å². The lowest BCUT2D eigenvalue weighted by Gasteiger charge is -2.16. The smallest absolute Gasteiger partial charge is 0.126 e. The van der Waals surface area contributed by atoms with Crippen LogP contribution < -0.4 is 5.73 Å². The first-order valence-electron chi connectivity index (χ1n) is 6.30. The Hall–Kier alpha value is -1.74. The van der Waals surface area contributed by atoms with Gasteiger partial charge in [0, 0.05) is 12.0 Å². The maximum absolute atomic E-state index is 13.2. The van der Waals surface area contributed by atoms with E-state index in [0.717, 1.165) is 17.2 Å². The minimum Gasteiger partial charge on any atom is -0.330 e. The highest BCUT2D eigenvalue weighted by Gasteiger charge is 2.12. The quantitative estimate of drug-likeness (QED) is 0.894. The summed E-state index contributed by atoms with van der Waals surface area (Å²) in [4.78, 5) is 0. The van der Waals surface area contributed by atoms with Crippen LogP contribution in [-0.4, -0.2) is 6.54 Å². The molecule has 2 rings (SSSR count). The van der Waals surface area contributed by atoms with E-state index in [2.05, 4.69) is 6.07 Å². The maximum atomic E-state index is 13.2. The van der Waals surface area contributed by atoms with Gasteiger partial charge in [-0.1, -0.05) is 29.8 Å². The summed E-state index contributed by atoms with van der Waals surface area (Å²) in [5, 5.41) is 0. The molecule has 1 nitrogen and oxygen atoms in total. The molecule has 19 heavy (non-hydrogen) atoms. The molecule has 1 atom stereocenters. The Morgan fingerprint density at radius 3 is 2.32 bits per heavy atom. The second kappa shape index (κ2) is 5.93. The molecule has 0 aliphatic heterocycles. The van der Waals surface area contributed by atoms with Crippen molar-refractivity contribution in [1.82, 2.24) is 0 Å². The lowest BCUT2D eigenvalue weighted by Crippen LogP contribution is -2.15. The van der Waals surface area contributed by atoms with Gasteiger partial charge < -0.3 is 5.73 Å². The van der Waals surface area contributed by atoms with Crippen LogP contribution in [0.1, 0.15) is 22.6 Å². The van der Waals surface area contributed by atoms with Crippen molar-refractivity contribution in [2.24, 2.45) is 5.73 Å². The Balaban J connectivity index is 2.23. The van der Waals surface area contributed by atoms with Crippen molar-refractivity contribution in [3.05, 3.63) is 70.8 Å². The van der Waals surface area contributed by atoms with Crippen LogP contribution in [0.2, 0.25) is 0 Å². The second-order valence-corrected chi connectivity index (χ2v) is 4.83. The highest BCUT2D eigenvalue weighted by atomic mass is 19.1. The van der Waals surface area contributed by atoms with Gasteiger partial charge >= 0.3 is 0 Å². The number of rotatable bonds is 4. The minimum atomic E-state index is -0.546. The van der Waals surface area contributed by atoms with Crippen LogP contribution in [0, 0.1) is 18.6 Å². The fraction of sp³-hybridized carbons (Fsp3) is 0.250. The van der Waals surface area contributed by atoms with Gasteiger partial charge in [-0.25, -0.2) is 8.78 Å². The minimum absolute atomic E-state index is 0.0705. The summed E-state index contributed by atoms with van der Waals surface area (Å²) in [7, 11) is 0. The first-order valence-corrected chi connectivity index (χ1v) is 6.30. The Kier molecular flexibility index (Phi) is 4.27. The van der Waals surface area contributed by atoms with E-state index < -0.39 is 11.6 Å². The van der Waals surface area contributed by atoms with Crippen LogP contribution >= 0.6 is 0 Å². The predicted octanol–water partition coefficient (Wildman–Crippen LogP) is 3.56. The van der Waals surface area contributed by atoms with Crippen LogP contribution in [0.4, 0.5) is 8.78 Å². The van der Waals surface area contributed by atoms with Gasteiger partial charge in [0.1, 0.15) is 11.6 Å². The molecule has 0 aliphatic carbocycles. The Bertz CT molecular complexity index is 546. The fourth-order valence-corrected chi connectivity index (χ4v) is 2.27. The molecule has 0 amide bonds. The third kappa shape index (κ3) is 3.61. The molecule has 0 aliphatic rings. The summed E-state index contributed by atoms with van der Waals surface area (Å²) < 4.78 is 26.4. The van der Waals surface area contributed by atoms with E-state index in [1.165, 1.54) is 12.1 Å². The average molecular weight is 261 g/mol. The topological polar surface area (TPSA) is 26.0 Å². The van der Waals surface area contributed by atoms with Crippen LogP contribution in [-0.2, 0) is 6.42 Å². The van der Waals surface area contributed by atoms with E-state index in [1.807, 2.05) is 25.1 Å². The summed E-state index contributed by atoms with van der Waals surface area (Å²) in [6.45, 7) is 2.46. The first kappa shape index (κ1) is 13.7.